The molecule has 0 atom stereocenters. The molecule has 0 bridgehead atoms. The molecule has 0 amide bonds. The minimum absolute atomic E-state index is 0.747. The predicted molar refractivity (Wildman–Crippen MR) is 94.5 cm³/mol. The third kappa shape index (κ3) is 2.64. The summed E-state index contributed by atoms with van der Waals surface area (Å²) in [5.41, 5.74) is 9.37. The van der Waals surface area contributed by atoms with E-state index in [-0.39, 0.29) is 0 Å². The van der Waals surface area contributed by atoms with Gasteiger partial charge < -0.3 is 11.1 Å². The average molecular weight is 321 g/mol. The van der Waals surface area contributed by atoms with Crippen LogP contribution in [0.2, 0.25) is 0 Å². The first-order valence-electron chi connectivity index (χ1n) is 7.26. The Morgan fingerprint density at radius 2 is 2.00 bits per heavy atom. The van der Waals surface area contributed by atoms with E-state index >= 15 is 0 Å². The normalized spacial score (nSPS) is 11.0. The molecule has 0 unspecified atom stereocenters. The van der Waals surface area contributed by atoms with Gasteiger partial charge in [-0.3, -0.25) is 0 Å². The molecule has 4 aromatic rings. The summed E-state index contributed by atoms with van der Waals surface area (Å²) >= 11 is 1.73. The second-order valence-electron chi connectivity index (χ2n) is 5.18. The zero-order valence-corrected chi connectivity index (χ0v) is 13.1. The van der Waals surface area contributed by atoms with E-state index in [4.69, 9.17) is 5.73 Å². The SMILES string of the molecule is Nc1ccc(-c2cnn3c(NCc4cccs4)ccnc23)cc1. The van der Waals surface area contributed by atoms with Crippen LogP contribution in [0.3, 0.4) is 0 Å². The van der Waals surface area contributed by atoms with Crippen LogP contribution < -0.4 is 11.1 Å². The van der Waals surface area contributed by atoms with Gasteiger partial charge in [-0.25, -0.2) is 4.98 Å². The lowest BCUT2D eigenvalue weighted by Crippen LogP contribution is -2.04. The molecule has 3 aromatic heterocycles. The molecule has 4 rings (SSSR count). The zero-order chi connectivity index (χ0) is 15.6. The smallest absolute Gasteiger partial charge is 0.165 e. The van der Waals surface area contributed by atoms with Crippen LogP contribution in [0.1, 0.15) is 4.88 Å². The van der Waals surface area contributed by atoms with Gasteiger partial charge in [-0.2, -0.15) is 9.61 Å². The molecule has 0 aliphatic heterocycles. The van der Waals surface area contributed by atoms with Crippen LogP contribution in [0.5, 0.6) is 0 Å². The maximum atomic E-state index is 5.76. The van der Waals surface area contributed by atoms with Gasteiger partial charge in [0.2, 0.25) is 0 Å². The van der Waals surface area contributed by atoms with Gasteiger partial charge in [-0.1, -0.05) is 18.2 Å². The lowest BCUT2D eigenvalue weighted by molar-refractivity contribution is 0.928. The number of rotatable bonds is 4. The van der Waals surface area contributed by atoms with Gasteiger partial charge in [-0.15, -0.1) is 11.3 Å². The number of nitrogens with two attached hydrogens (primary N) is 1. The summed E-state index contributed by atoms with van der Waals surface area (Å²) in [6.07, 6.45) is 3.64. The van der Waals surface area contributed by atoms with Gasteiger partial charge in [0.25, 0.3) is 0 Å². The number of hydrogen-bond acceptors (Lipinski definition) is 5. The Hall–Kier alpha value is -2.86. The molecule has 3 heterocycles. The minimum atomic E-state index is 0.747. The Morgan fingerprint density at radius 1 is 1.13 bits per heavy atom. The van der Waals surface area contributed by atoms with Gasteiger partial charge >= 0.3 is 0 Å². The highest BCUT2D eigenvalue weighted by atomic mass is 32.1. The summed E-state index contributed by atoms with van der Waals surface area (Å²) in [6.45, 7) is 0.772. The highest BCUT2D eigenvalue weighted by Gasteiger charge is 2.10. The third-order valence-electron chi connectivity index (χ3n) is 3.65. The van der Waals surface area contributed by atoms with Crippen LogP contribution in [-0.2, 0) is 6.54 Å². The molecule has 6 heteroatoms. The number of anilines is 2. The van der Waals surface area contributed by atoms with E-state index in [1.807, 2.05) is 41.0 Å². The molecule has 0 fully saturated rings. The van der Waals surface area contributed by atoms with Gasteiger partial charge in [0.05, 0.1) is 12.7 Å². The maximum Gasteiger partial charge on any atom is 0.165 e. The van der Waals surface area contributed by atoms with Crippen molar-refractivity contribution < 1.29 is 0 Å². The van der Waals surface area contributed by atoms with Crippen LogP contribution in [0, 0.1) is 0 Å². The molecule has 1 aromatic carbocycles. The first-order chi connectivity index (χ1) is 11.3. The standard InChI is InChI=1S/C17H15N5S/c18-13-5-3-12(4-6-13)15-11-21-22-16(7-8-19-17(15)22)20-10-14-2-1-9-23-14/h1-9,11,20H,10,18H2. The topological polar surface area (TPSA) is 68.2 Å². The van der Waals surface area contributed by atoms with Crippen LogP contribution in [0.25, 0.3) is 16.8 Å². The number of aromatic nitrogens is 3. The predicted octanol–water partition coefficient (Wildman–Crippen LogP) is 3.65. The van der Waals surface area contributed by atoms with Crippen molar-refractivity contribution in [2.75, 3.05) is 11.1 Å². The highest BCUT2D eigenvalue weighted by molar-refractivity contribution is 7.09. The molecule has 5 nitrogen and oxygen atoms in total. The number of nitrogens with zero attached hydrogens (tertiary/aromatic N) is 3. The maximum absolute atomic E-state index is 5.76. The fourth-order valence-electron chi connectivity index (χ4n) is 2.48. The Kier molecular flexibility index (Phi) is 3.44. The summed E-state index contributed by atoms with van der Waals surface area (Å²) in [6, 6.07) is 13.8. The number of hydrogen-bond donors (Lipinski definition) is 2. The molecule has 114 valence electrons. The van der Waals surface area contributed by atoms with Crippen molar-refractivity contribution in [3.05, 3.63) is 65.1 Å². The van der Waals surface area contributed by atoms with E-state index in [2.05, 4.69) is 32.9 Å². The van der Waals surface area contributed by atoms with E-state index in [1.54, 1.807) is 17.5 Å². The summed E-state index contributed by atoms with van der Waals surface area (Å²) in [4.78, 5) is 5.76. The van der Waals surface area contributed by atoms with Crippen molar-refractivity contribution in [2.24, 2.45) is 0 Å². The Balaban J connectivity index is 1.70. The summed E-state index contributed by atoms with van der Waals surface area (Å²) in [5.74, 6) is 0.921. The van der Waals surface area contributed by atoms with Gasteiger partial charge in [0.15, 0.2) is 5.65 Å². The van der Waals surface area contributed by atoms with Crippen molar-refractivity contribution in [3.8, 4) is 11.1 Å². The summed E-state index contributed by atoms with van der Waals surface area (Å²) < 4.78 is 1.83. The minimum Gasteiger partial charge on any atom is -0.399 e. The monoisotopic (exact) mass is 321 g/mol. The number of nitrogens with one attached hydrogen (secondary N) is 1. The lowest BCUT2D eigenvalue weighted by atomic mass is 10.1. The Labute approximate surface area is 137 Å². The van der Waals surface area contributed by atoms with Crippen molar-refractivity contribution in [2.45, 2.75) is 6.54 Å². The molecule has 0 saturated carbocycles. The largest absolute Gasteiger partial charge is 0.399 e. The van der Waals surface area contributed by atoms with Crippen molar-refractivity contribution in [3.63, 3.8) is 0 Å². The van der Waals surface area contributed by atoms with E-state index in [0.29, 0.717) is 0 Å². The highest BCUT2D eigenvalue weighted by Crippen LogP contribution is 2.25. The third-order valence-corrected chi connectivity index (χ3v) is 4.52. The van der Waals surface area contributed by atoms with Gasteiger partial charge in [-0.05, 0) is 35.2 Å². The van der Waals surface area contributed by atoms with Crippen LogP contribution in [0.15, 0.2) is 60.2 Å². The second kappa shape index (κ2) is 5.73. The van der Waals surface area contributed by atoms with Crippen LogP contribution in [-0.4, -0.2) is 14.6 Å². The fraction of sp³-hybridized carbons (Fsp3) is 0.0588. The van der Waals surface area contributed by atoms with E-state index < -0.39 is 0 Å². The van der Waals surface area contributed by atoms with Crippen LogP contribution in [0.4, 0.5) is 11.5 Å². The Bertz CT molecular complexity index is 925. The first kappa shape index (κ1) is 13.8. The van der Waals surface area contributed by atoms with E-state index in [0.717, 1.165) is 34.8 Å². The molecule has 0 radical (unpaired) electrons. The first-order valence-corrected chi connectivity index (χ1v) is 8.14. The lowest BCUT2D eigenvalue weighted by Gasteiger charge is -2.07. The molecular weight excluding hydrogens is 306 g/mol. The van der Waals surface area contributed by atoms with Crippen molar-refractivity contribution in [1.29, 1.82) is 0 Å². The average Bonchev–Trinajstić information content (AvgIpc) is 3.23. The van der Waals surface area contributed by atoms with Gasteiger partial charge in [0.1, 0.15) is 5.82 Å². The number of benzene rings is 1. The molecule has 23 heavy (non-hydrogen) atoms. The molecular formula is C17H15N5S. The fourth-order valence-corrected chi connectivity index (χ4v) is 3.13. The van der Waals surface area contributed by atoms with E-state index in [9.17, 15) is 0 Å². The quantitative estimate of drug-likeness (QED) is 0.563. The van der Waals surface area contributed by atoms with Crippen LogP contribution >= 0.6 is 11.3 Å². The molecule has 0 spiro atoms. The van der Waals surface area contributed by atoms with Crippen molar-refractivity contribution >= 4 is 28.5 Å². The summed E-state index contributed by atoms with van der Waals surface area (Å²) in [7, 11) is 0. The van der Waals surface area contributed by atoms with Gasteiger partial charge in [0, 0.05) is 22.3 Å². The molecule has 0 aliphatic carbocycles. The Morgan fingerprint density at radius 3 is 2.78 bits per heavy atom. The number of thiophene rings is 1. The van der Waals surface area contributed by atoms with Crippen molar-refractivity contribution in [1.82, 2.24) is 14.6 Å². The molecule has 3 N–H and O–H groups in total. The molecule has 0 saturated heterocycles. The number of fused-ring (bicyclic) bond motifs is 1. The molecule has 0 aliphatic rings. The number of nitrogen functional groups attached to an aromatic ring is 1. The summed E-state index contributed by atoms with van der Waals surface area (Å²) in [5, 5.41) is 9.97. The zero-order valence-electron chi connectivity index (χ0n) is 12.3. The van der Waals surface area contributed by atoms with E-state index in [1.165, 1.54) is 4.88 Å². The second-order valence-corrected chi connectivity index (χ2v) is 6.21.